The van der Waals surface area contributed by atoms with E-state index < -0.39 is 23.7 Å². The molecule has 0 N–H and O–H groups in total. The first-order valence-electron chi connectivity index (χ1n) is 8.35. The number of carbonyl (C=O) groups excluding carboxylic acids is 3. The molecule has 0 saturated heterocycles. The van der Waals surface area contributed by atoms with Crippen LogP contribution in [0.15, 0.2) is 0 Å². The molecule has 0 aromatic carbocycles. The van der Waals surface area contributed by atoms with Crippen LogP contribution in [0.25, 0.3) is 0 Å². The van der Waals surface area contributed by atoms with Crippen molar-refractivity contribution in [2.75, 3.05) is 0 Å². The third-order valence-corrected chi connectivity index (χ3v) is 3.72. The zero-order chi connectivity index (χ0) is 20.2. The van der Waals surface area contributed by atoms with Gasteiger partial charge in [0, 0.05) is 31.9 Å². The number of ether oxygens (including phenoxy) is 5. The van der Waals surface area contributed by atoms with Gasteiger partial charge in [-0.2, -0.15) is 0 Å². The van der Waals surface area contributed by atoms with Crippen LogP contribution < -0.4 is 4.74 Å². The topological polar surface area (TPSA) is 110 Å². The van der Waals surface area contributed by atoms with Crippen molar-refractivity contribution in [2.24, 2.45) is 0 Å². The molecule has 2 rings (SSSR count). The summed E-state index contributed by atoms with van der Waals surface area (Å²) in [6, 6.07) is 0. The van der Waals surface area contributed by atoms with Crippen LogP contribution in [-0.4, -0.2) is 28.7 Å². The maximum atomic E-state index is 11.6. The fraction of sp³-hybridized carbons (Fsp3) is 0.556. The molecule has 0 spiro atoms. The third-order valence-electron chi connectivity index (χ3n) is 3.72. The predicted molar refractivity (Wildman–Crippen MR) is 90.1 cm³/mol. The summed E-state index contributed by atoms with van der Waals surface area (Å²) in [7, 11) is 0. The van der Waals surface area contributed by atoms with Gasteiger partial charge in [0.25, 0.3) is 0 Å². The van der Waals surface area contributed by atoms with Gasteiger partial charge in [-0.05, 0) is 13.8 Å². The molecular formula is C18H23NO8. The van der Waals surface area contributed by atoms with Crippen LogP contribution in [0.1, 0.15) is 57.1 Å². The first-order valence-corrected chi connectivity index (χ1v) is 8.35. The van der Waals surface area contributed by atoms with Gasteiger partial charge in [0.05, 0.1) is 18.9 Å². The number of fused-ring (bicyclic) bond motifs is 1. The van der Waals surface area contributed by atoms with Crippen molar-refractivity contribution >= 4 is 17.9 Å². The maximum absolute atomic E-state index is 11.6. The average Bonchev–Trinajstić information content (AvgIpc) is 2.71. The van der Waals surface area contributed by atoms with Crippen molar-refractivity contribution in [1.82, 2.24) is 4.98 Å². The summed E-state index contributed by atoms with van der Waals surface area (Å²) < 4.78 is 26.9. The smallest absolute Gasteiger partial charge is 0.308 e. The van der Waals surface area contributed by atoms with E-state index in [0.29, 0.717) is 16.8 Å². The van der Waals surface area contributed by atoms with E-state index in [9.17, 15) is 14.4 Å². The molecule has 0 atom stereocenters. The predicted octanol–water partition coefficient (Wildman–Crippen LogP) is 1.92. The van der Waals surface area contributed by atoms with Crippen molar-refractivity contribution in [2.45, 2.75) is 66.8 Å². The van der Waals surface area contributed by atoms with Crippen molar-refractivity contribution < 1.29 is 38.1 Å². The maximum Gasteiger partial charge on any atom is 0.308 e. The lowest BCUT2D eigenvalue weighted by Crippen LogP contribution is -2.25. The Morgan fingerprint density at radius 2 is 1.41 bits per heavy atom. The first-order chi connectivity index (χ1) is 12.6. The molecule has 27 heavy (non-hydrogen) atoms. The first kappa shape index (κ1) is 20.8. The molecule has 0 bridgehead atoms. The molecule has 1 aromatic heterocycles. The van der Waals surface area contributed by atoms with Crippen LogP contribution in [0.5, 0.6) is 5.75 Å². The highest BCUT2D eigenvalue weighted by Crippen LogP contribution is 2.35. The summed E-state index contributed by atoms with van der Waals surface area (Å²) in [5.41, 5.74) is 1.78. The Balaban J connectivity index is 2.56. The monoisotopic (exact) mass is 381 g/mol. The summed E-state index contributed by atoms with van der Waals surface area (Å²) >= 11 is 0. The number of esters is 3. The molecule has 1 aliphatic rings. The second-order valence-corrected chi connectivity index (χ2v) is 6.42. The van der Waals surface area contributed by atoms with Gasteiger partial charge in [-0.25, -0.2) is 4.98 Å². The number of aromatic nitrogens is 1. The van der Waals surface area contributed by atoms with E-state index in [0.717, 1.165) is 0 Å². The number of hydrogen-bond donors (Lipinski definition) is 0. The van der Waals surface area contributed by atoms with E-state index in [2.05, 4.69) is 4.98 Å². The number of carbonyl (C=O) groups is 3. The molecular weight excluding hydrogens is 358 g/mol. The lowest BCUT2D eigenvalue weighted by Gasteiger charge is -2.22. The van der Waals surface area contributed by atoms with E-state index >= 15 is 0 Å². The number of nitrogens with zero attached hydrogens (tertiary/aromatic N) is 1. The molecule has 0 aliphatic carbocycles. The van der Waals surface area contributed by atoms with Crippen LogP contribution in [0.4, 0.5) is 0 Å². The SMILES string of the molecule is CC(=O)OCc1nc(COC(C)=O)c(OC(C)=O)c2c1COC(C)(C)OC2. The minimum absolute atomic E-state index is 0.0770. The lowest BCUT2D eigenvalue weighted by atomic mass is 10.0. The summed E-state index contributed by atoms with van der Waals surface area (Å²) in [6.07, 6.45) is 0. The molecule has 0 saturated carbocycles. The van der Waals surface area contributed by atoms with Gasteiger partial charge in [-0.1, -0.05) is 0 Å². The Hall–Kier alpha value is -2.52. The van der Waals surface area contributed by atoms with E-state index in [-0.39, 0.29) is 37.9 Å². The Morgan fingerprint density at radius 1 is 0.889 bits per heavy atom. The van der Waals surface area contributed by atoms with Gasteiger partial charge >= 0.3 is 17.9 Å². The van der Waals surface area contributed by atoms with Crippen molar-refractivity contribution in [1.29, 1.82) is 0 Å². The normalized spacial score (nSPS) is 15.3. The molecule has 9 nitrogen and oxygen atoms in total. The quantitative estimate of drug-likeness (QED) is 0.706. The van der Waals surface area contributed by atoms with Gasteiger partial charge < -0.3 is 23.7 Å². The van der Waals surface area contributed by atoms with Crippen LogP contribution in [0, 0.1) is 0 Å². The Bertz CT molecular complexity index is 756. The largest absolute Gasteiger partial charge is 0.459 e. The lowest BCUT2D eigenvalue weighted by molar-refractivity contribution is -0.219. The summed E-state index contributed by atoms with van der Waals surface area (Å²) in [6.45, 7) is 7.20. The van der Waals surface area contributed by atoms with Crippen molar-refractivity contribution in [3.63, 3.8) is 0 Å². The standard InChI is InChI=1S/C18H23NO8/c1-10(20)23-8-15-13-6-25-18(4,5)26-7-14(13)17(27-12(3)22)16(19-15)9-24-11(2)21/h6-9H2,1-5H3. The molecule has 148 valence electrons. The van der Waals surface area contributed by atoms with Gasteiger partial charge in [0.1, 0.15) is 18.9 Å². The average molecular weight is 381 g/mol. The fourth-order valence-electron chi connectivity index (χ4n) is 2.44. The minimum Gasteiger partial charge on any atom is -0.459 e. The summed E-state index contributed by atoms with van der Waals surface area (Å²) in [4.78, 5) is 38.4. The van der Waals surface area contributed by atoms with Gasteiger partial charge in [-0.3, -0.25) is 14.4 Å². The van der Waals surface area contributed by atoms with Crippen LogP contribution in [0.3, 0.4) is 0 Å². The molecule has 0 amide bonds. The molecule has 1 aliphatic heterocycles. The van der Waals surface area contributed by atoms with Gasteiger partial charge in [-0.15, -0.1) is 0 Å². The fourth-order valence-corrected chi connectivity index (χ4v) is 2.44. The second-order valence-electron chi connectivity index (χ2n) is 6.42. The third kappa shape index (κ3) is 5.73. The van der Waals surface area contributed by atoms with Crippen LogP contribution in [0.2, 0.25) is 0 Å². The molecule has 1 aromatic rings. The minimum atomic E-state index is -0.874. The Kier molecular flexibility index (Phi) is 6.50. The highest BCUT2D eigenvalue weighted by atomic mass is 16.7. The Morgan fingerprint density at radius 3 is 1.93 bits per heavy atom. The number of hydrogen-bond acceptors (Lipinski definition) is 9. The summed E-state index contributed by atoms with van der Waals surface area (Å²) in [5, 5.41) is 0. The van der Waals surface area contributed by atoms with Crippen LogP contribution in [-0.2, 0) is 59.8 Å². The van der Waals surface area contributed by atoms with Gasteiger partial charge in [0.2, 0.25) is 0 Å². The summed E-state index contributed by atoms with van der Waals surface area (Å²) in [5.74, 6) is -2.25. The zero-order valence-electron chi connectivity index (χ0n) is 16.0. The molecule has 0 unspecified atom stereocenters. The molecule has 0 fully saturated rings. The van der Waals surface area contributed by atoms with E-state index in [1.54, 1.807) is 13.8 Å². The highest BCUT2D eigenvalue weighted by Gasteiger charge is 2.30. The van der Waals surface area contributed by atoms with E-state index in [4.69, 9.17) is 23.7 Å². The number of rotatable bonds is 5. The van der Waals surface area contributed by atoms with Crippen molar-refractivity contribution in [3.05, 3.63) is 22.5 Å². The zero-order valence-corrected chi connectivity index (χ0v) is 16.0. The Labute approximate surface area is 156 Å². The molecule has 9 heteroatoms. The van der Waals surface area contributed by atoms with Crippen molar-refractivity contribution in [3.8, 4) is 5.75 Å². The second kappa shape index (κ2) is 8.45. The van der Waals surface area contributed by atoms with Crippen LogP contribution >= 0.6 is 0 Å². The van der Waals surface area contributed by atoms with E-state index in [1.165, 1.54) is 20.8 Å². The molecule has 2 heterocycles. The highest BCUT2D eigenvalue weighted by molar-refractivity contribution is 5.71. The molecule has 0 radical (unpaired) electrons. The van der Waals surface area contributed by atoms with Gasteiger partial charge in [0.15, 0.2) is 11.5 Å². The van der Waals surface area contributed by atoms with E-state index in [1.807, 2.05) is 0 Å². The number of pyridine rings is 1.